The number of piperidine rings is 1. The summed E-state index contributed by atoms with van der Waals surface area (Å²) in [5.41, 5.74) is 5.96. The maximum Gasteiger partial charge on any atom is 0.236 e. The predicted octanol–water partition coefficient (Wildman–Crippen LogP) is 1.20. The second-order valence-corrected chi connectivity index (χ2v) is 5.79. The molecule has 0 spiro atoms. The van der Waals surface area contributed by atoms with Crippen molar-refractivity contribution in [1.82, 2.24) is 9.80 Å². The fourth-order valence-electron chi connectivity index (χ4n) is 3.02. The highest BCUT2D eigenvalue weighted by atomic mass is 16.2. The lowest BCUT2D eigenvalue weighted by atomic mass is 10.1. The van der Waals surface area contributed by atoms with Crippen molar-refractivity contribution in [2.75, 3.05) is 32.7 Å². The highest BCUT2D eigenvalue weighted by Gasteiger charge is 2.21. The first-order valence-electron chi connectivity index (χ1n) is 7.51. The van der Waals surface area contributed by atoms with Crippen LogP contribution < -0.4 is 5.73 Å². The maximum absolute atomic E-state index is 12.3. The second kappa shape index (κ2) is 7.10. The van der Waals surface area contributed by atoms with Gasteiger partial charge in [0, 0.05) is 25.7 Å². The summed E-state index contributed by atoms with van der Waals surface area (Å²) in [6.45, 7) is 4.41. The zero-order valence-corrected chi connectivity index (χ0v) is 11.4. The van der Waals surface area contributed by atoms with Crippen LogP contribution in [-0.2, 0) is 4.79 Å². The van der Waals surface area contributed by atoms with Gasteiger partial charge in [0.15, 0.2) is 0 Å². The summed E-state index contributed by atoms with van der Waals surface area (Å²) < 4.78 is 0. The van der Waals surface area contributed by atoms with Gasteiger partial charge in [-0.3, -0.25) is 9.69 Å². The molecule has 4 heteroatoms. The zero-order chi connectivity index (χ0) is 12.8. The molecule has 18 heavy (non-hydrogen) atoms. The molecule has 0 aromatic carbocycles. The Hall–Kier alpha value is -0.610. The molecule has 2 heterocycles. The van der Waals surface area contributed by atoms with Crippen molar-refractivity contribution in [2.45, 2.75) is 51.0 Å². The third-order valence-corrected chi connectivity index (χ3v) is 4.11. The van der Waals surface area contributed by atoms with Crippen molar-refractivity contribution >= 4 is 5.91 Å². The minimum absolute atomic E-state index is 0.263. The van der Waals surface area contributed by atoms with Gasteiger partial charge in [-0.2, -0.15) is 0 Å². The van der Waals surface area contributed by atoms with E-state index in [-0.39, 0.29) is 6.04 Å². The molecule has 4 nitrogen and oxygen atoms in total. The van der Waals surface area contributed by atoms with Crippen molar-refractivity contribution in [2.24, 2.45) is 5.73 Å². The van der Waals surface area contributed by atoms with E-state index >= 15 is 0 Å². The minimum Gasteiger partial charge on any atom is -0.342 e. The molecule has 1 atom stereocenters. The molecule has 0 aromatic heterocycles. The molecule has 0 unspecified atom stereocenters. The first-order chi connectivity index (χ1) is 8.75. The molecular weight excluding hydrogens is 226 g/mol. The van der Waals surface area contributed by atoms with E-state index in [0.717, 1.165) is 39.0 Å². The molecule has 2 aliphatic heterocycles. The SMILES string of the molecule is N[C@@H]1CCCN(CC(=O)N2CCCCCCC2)C1. The smallest absolute Gasteiger partial charge is 0.236 e. The number of carbonyl (C=O) groups excluding carboxylic acids is 1. The van der Waals surface area contributed by atoms with Crippen LogP contribution in [0.5, 0.6) is 0 Å². The third kappa shape index (κ3) is 4.25. The summed E-state index contributed by atoms with van der Waals surface area (Å²) >= 11 is 0. The number of hydrogen-bond acceptors (Lipinski definition) is 3. The summed E-state index contributed by atoms with van der Waals surface area (Å²) in [4.78, 5) is 16.6. The molecular formula is C14H27N3O. The largest absolute Gasteiger partial charge is 0.342 e. The van der Waals surface area contributed by atoms with Gasteiger partial charge in [0.2, 0.25) is 5.91 Å². The van der Waals surface area contributed by atoms with Gasteiger partial charge in [-0.1, -0.05) is 19.3 Å². The number of rotatable bonds is 2. The summed E-state index contributed by atoms with van der Waals surface area (Å²) in [7, 11) is 0. The summed E-state index contributed by atoms with van der Waals surface area (Å²) in [5, 5.41) is 0. The Kier molecular flexibility index (Phi) is 5.45. The van der Waals surface area contributed by atoms with Gasteiger partial charge < -0.3 is 10.6 Å². The number of hydrogen-bond donors (Lipinski definition) is 1. The van der Waals surface area contributed by atoms with Crippen molar-refractivity contribution in [3.63, 3.8) is 0 Å². The number of nitrogens with two attached hydrogens (primary N) is 1. The Morgan fingerprint density at radius 1 is 1.00 bits per heavy atom. The van der Waals surface area contributed by atoms with Crippen LogP contribution in [0.15, 0.2) is 0 Å². The fourth-order valence-corrected chi connectivity index (χ4v) is 3.02. The molecule has 2 aliphatic rings. The van der Waals surface area contributed by atoms with E-state index in [9.17, 15) is 4.79 Å². The molecule has 1 amide bonds. The van der Waals surface area contributed by atoms with E-state index in [4.69, 9.17) is 5.73 Å². The van der Waals surface area contributed by atoms with Gasteiger partial charge in [0.1, 0.15) is 0 Å². The molecule has 0 saturated carbocycles. The van der Waals surface area contributed by atoms with E-state index in [1.165, 1.54) is 32.1 Å². The van der Waals surface area contributed by atoms with Crippen molar-refractivity contribution in [1.29, 1.82) is 0 Å². The van der Waals surface area contributed by atoms with Crippen molar-refractivity contribution in [3.05, 3.63) is 0 Å². The van der Waals surface area contributed by atoms with Crippen LogP contribution >= 0.6 is 0 Å². The van der Waals surface area contributed by atoms with Gasteiger partial charge in [0.05, 0.1) is 6.54 Å². The van der Waals surface area contributed by atoms with Crippen LogP contribution in [0.4, 0.5) is 0 Å². The molecule has 2 rings (SSSR count). The summed E-state index contributed by atoms with van der Waals surface area (Å²) in [5.74, 6) is 0.311. The fraction of sp³-hybridized carbons (Fsp3) is 0.929. The van der Waals surface area contributed by atoms with Gasteiger partial charge >= 0.3 is 0 Å². The van der Waals surface area contributed by atoms with Crippen LogP contribution in [0.2, 0.25) is 0 Å². The topological polar surface area (TPSA) is 49.6 Å². The van der Waals surface area contributed by atoms with Gasteiger partial charge in [0.25, 0.3) is 0 Å². The summed E-state index contributed by atoms with van der Waals surface area (Å²) in [6, 6.07) is 0.263. The van der Waals surface area contributed by atoms with E-state index < -0.39 is 0 Å². The average Bonchev–Trinajstić information content (AvgIpc) is 2.28. The molecule has 104 valence electrons. The van der Waals surface area contributed by atoms with E-state index in [1.807, 2.05) is 0 Å². The van der Waals surface area contributed by atoms with Gasteiger partial charge in [-0.15, -0.1) is 0 Å². The molecule has 2 fully saturated rings. The van der Waals surface area contributed by atoms with E-state index in [2.05, 4.69) is 9.80 Å². The lowest BCUT2D eigenvalue weighted by Crippen LogP contribution is -2.48. The third-order valence-electron chi connectivity index (χ3n) is 4.11. The lowest BCUT2D eigenvalue weighted by molar-refractivity contribution is -0.133. The van der Waals surface area contributed by atoms with E-state index in [1.54, 1.807) is 0 Å². The molecule has 2 saturated heterocycles. The van der Waals surface area contributed by atoms with Crippen molar-refractivity contribution < 1.29 is 4.79 Å². The van der Waals surface area contributed by atoms with Gasteiger partial charge in [-0.05, 0) is 32.2 Å². The van der Waals surface area contributed by atoms with E-state index in [0.29, 0.717) is 12.5 Å². The van der Waals surface area contributed by atoms with Crippen LogP contribution in [0.1, 0.15) is 44.9 Å². The molecule has 0 bridgehead atoms. The quantitative estimate of drug-likeness (QED) is 0.804. The average molecular weight is 253 g/mol. The Morgan fingerprint density at radius 2 is 1.67 bits per heavy atom. The van der Waals surface area contributed by atoms with Crippen molar-refractivity contribution in [3.8, 4) is 0 Å². The number of amides is 1. The number of carbonyl (C=O) groups is 1. The first-order valence-corrected chi connectivity index (χ1v) is 7.51. The second-order valence-electron chi connectivity index (χ2n) is 5.79. The Bertz CT molecular complexity index is 262. The van der Waals surface area contributed by atoms with Crippen LogP contribution in [0.25, 0.3) is 0 Å². The Balaban J connectivity index is 1.78. The summed E-state index contributed by atoms with van der Waals surface area (Å²) in [6.07, 6.45) is 8.47. The molecule has 0 aromatic rings. The highest BCUT2D eigenvalue weighted by Crippen LogP contribution is 2.12. The van der Waals surface area contributed by atoms with Crippen LogP contribution in [-0.4, -0.2) is 54.5 Å². The van der Waals surface area contributed by atoms with Gasteiger partial charge in [-0.25, -0.2) is 0 Å². The highest BCUT2D eigenvalue weighted by molar-refractivity contribution is 5.78. The monoisotopic (exact) mass is 253 g/mol. The predicted molar refractivity (Wildman–Crippen MR) is 73.3 cm³/mol. The molecule has 0 aliphatic carbocycles. The van der Waals surface area contributed by atoms with Crippen LogP contribution in [0.3, 0.4) is 0 Å². The number of nitrogens with zero attached hydrogens (tertiary/aromatic N) is 2. The zero-order valence-electron chi connectivity index (χ0n) is 11.4. The minimum atomic E-state index is 0.263. The lowest BCUT2D eigenvalue weighted by Gasteiger charge is -2.32. The first kappa shape index (κ1) is 13.8. The standard InChI is InChI=1S/C14H27N3O/c15-13-7-6-8-16(11-13)12-14(18)17-9-4-2-1-3-5-10-17/h13H,1-12,15H2/t13-/m1/s1. The molecule has 0 radical (unpaired) electrons. The number of likely N-dealkylation sites (tertiary alicyclic amines) is 2. The van der Waals surface area contributed by atoms with Crippen LogP contribution in [0, 0.1) is 0 Å². The Morgan fingerprint density at radius 3 is 2.33 bits per heavy atom. The molecule has 2 N–H and O–H groups in total. The normalized spacial score (nSPS) is 27.6. The maximum atomic E-state index is 12.3. The Labute approximate surface area is 110 Å².